The van der Waals surface area contributed by atoms with E-state index in [1.807, 2.05) is 0 Å². The van der Waals surface area contributed by atoms with Crippen LogP contribution in [0.15, 0.2) is 10.5 Å². The summed E-state index contributed by atoms with van der Waals surface area (Å²) in [5, 5.41) is 20.1. The molecule has 1 heterocycles. The van der Waals surface area contributed by atoms with Crippen LogP contribution in [0.3, 0.4) is 0 Å². The normalized spacial score (nSPS) is 12.4. The number of hydrogen-bond donors (Lipinski definition) is 2. The summed E-state index contributed by atoms with van der Waals surface area (Å²) in [4.78, 5) is 11.4. The van der Waals surface area contributed by atoms with Gasteiger partial charge in [-0.3, -0.25) is 0 Å². The van der Waals surface area contributed by atoms with E-state index in [4.69, 9.17) is 9.07 Å². The average molecular weight is 284 g/mol. The number of aliphatic hydroxyl groups is 1. The van der Waals surface area contributed by atoms with Gasteiger partial charge in [-0.1, -0.05) is 0 Å². The van der Waals surface area contributed by atoms with Gasteiger partial charge in [0.1, 0.15) is 5.76 Å². The molecule has 0 unspecified atom stereocenters. The number of carbonyl (C=O) groups excluding carboxylic acids is 1. The monoisotopic (exact) mass is 284 g/mol. The molecule has 0 aliphatic carbocycles. The van der Waals surface area contributed by atoms with Gasteiger partial charge in [0.05, 0.1) is 18.3 Å². The number of methoxy groups -OCH3 is 1. The van der Waals surface area contributed by atoms with Crippen LogP contribution in [0, 0.1) is 6.92 Å². The van der Waals surface area contributed by atoms with Gasteiger partial charge < -0.3 is 23.9 Å². The predicted octanol–water partition coefficient (Wildman–Crippen LogP) is 0.628. The smallest absolute Gasteiger partial charge is 0.463 e. The lowest BCUT2D eigenvalue weighted by Crippen LogP contribution is -2.53. The van der Waals surface area contributed by atoms with E-state index in [1.165, 1.54) is 13.2 Å². The molecule has 0 aliphatic rings. The van der Waals surface area contributed by atoms with Crippen LogP contribution >= 0.6 is 0 Å². The Labute approximate surface area is 118 Å². The zero-order valence-electron chi connectivity index (χ0n) is 12.7. The van der Waals surface area contributed by atoms with Gasteiger partial charge in [0.2, 0.25) is 5.76 Å². The molecule has 0 fully saturated rings. The number of esters is 1. The number of rotatable bonds is 5. The lowest BCUT2D eigenvalue weighted by atomic mass is 9.76. The van der Waals surface area contributed by atoms with Crippen molar-refractivity contribution in [2.45, 2.75) is 45.8 Å². The fourth-order valence-corrected chi connectivity index (χ4v) is 1.43. The summed E-state index contributed by atoms with van der Waals surface area (Å²) in [5.74, 6) is -0.290. The topological polar surface area (TPSA) is 89.1 Å². The van der Waals surface area contributed by atoms with Gasteiger partial charge in [-0.2, -0.15) is 0 Å². The van der Waals surface area contributed by atoms with E-state index in [0.29, 0.717) is 11.2 Å². The zero-order chi connectivity index (χ0) is 15.7. The van der Waals surface area contributed by atoms with Crippen molar-refractivity contribution in [1.29, 1.82) is 0 Å². The molecule has 0 aliphatic heterocycles. The molecular formula is C13H21BO6. The van der Waals surface area contributed by atoms with Gasteiger partial charge in [0, 0.05) is 5.46 Å². The van der Waals surface area contributed by atoms with E-state index in [2.05, 4.69) is 4.74 Å². The molecular weight excluding hydrogens is 263 g/mol. The molecule has 0 saturated heterocycles. The maximum Gasteiger partial charge on any atom is 0.495 e. The van der Waals surface area contributed by atoms with E-state index >= 15 is 0 Å². The molecule has 20 heavy (non-hydrogen) atoms. The van der Waals surface area contributed by atoms with Crippen LogP contribution in [0.4, 0.5) is 0 Å². The third kappa shape index (κ3) is 3.42. The quantitative estimate of drug-likeness (QED) is 0.609. The highest BCUT2D eigenvalue weighted by Gasteiger charge is 2.40. The Hall–Kier alpha value is -1.31. The standard InChI is InChI=1S/C13H21BO6/c1-8-9(7-10(19-8)11(15)18-6)14(17)20-13(4,5)12(2,3)16/h7,16-17H,1-6H3. The fraction of sp³-hybridized carbons (Fsp3) is 0.615. The van der Waals surface area contributed by atoms with Gasteiger partial charge in [0.25, 0.3) is 0 Å². The molecule has 2 N–H and O–H groups in total. The first-order chi connectivity index (χ1) is 8.99. The zero-order valence-corrected chi connectivity index (χ0v) is 12.7. The molecule has 0 amide bonds. The number of hydrogen-bond acceptors (Lipinski definition) is 6. The lowest BCUT2D eigenvalue weighted by Gasteiger charge is -2.38. The van der Waals surface area contributed by atoms with Crippen LogP contribution in [-0.2, 0) is 9.39 Å². The van der Waals surface area contributed by atoms with E-state index < -0.39 is 24.3 Å². The van der Waals surface area contributed by atoms with Crippen molar-refractivity contribution in [1.82, 2.24) is 0 Å². The average Bonchev–Trinajstić information content (AvgIpc) is 2.68. The fourth-order valence-electron chi connectivity index (χ4n) is 1.43. The van der Waals surface area contributed by atoms with E-state index in [0.717, 1.165) is 0 Å². The minimum Gasteiger partial charge on any atom is -0.463 e. The van der Waals surface area contributed by atoms with Crippen molar-refractivity contribution in [3.63, 3.8) is 0 Å². The first-order valence-electron chi connectivity index (χ1n) is 6.26. The Morgan fingerprint density at radius 2 is 1.90 bits per heavy atom. The summed E-state index contributed by atoms with van der Waals surface area (Å²) >= 11 is 0. The number of aryl methyl sites for hydroxylation is 1. The second kappa shape index (κ2) is 5.59. The van der Waals surface area contributed by atoms with Crippen molar-refractivity contribution in [3.8, 4) is 0 Å². The van der Waals surface area contributed by atoms with Gasteiger partial charge >= 0.3 is 13.1 Å². The van der Waals surface area contributed by atoms with Gasteiger partial charge in [0.15, 0.2) is 0 Å². The molecule has 0 atom stereocenters. The first-order valence-corrected chi connectivity index (χ1v) is 6.26. The highest BCUT2D eigenvalue weighted by atomic mass is 16.6. The lowest BCUT2D eigenvalue weighted by molar-refractivity contribution is -0.0982. The Kier molecular flexibility index (Phi) is 4.68. The van der Waals surface area contributed by atoms with Crippen LogP contribution in [0.5, 0.6) is 0 Å². The van der Waals surface area contributed by atoms with Crippen molar-refractivity contribution in [2.75, 3.05) is 7.11 Å². The van der Waals surface area contributed by atoms with E-state index in [1.54, 1.807) is 34.6 Å². The largest absolute Gasteiger partial charge is 0.495 e. The molecule has 7 heteroatoms. The predicted molar refractivity (Wildman–Crippen MR) is 73.9 cm³/mol. The number of furan rings is 1. The molecule has 0 bridgehead atoms. The molecule has 112 valence electrons. The van der Waals surface area contributed by atoms with Crippen LogP contribution in [0.25, 0.3) is 0 Å². The van der Waals surface area contributed by atoms with Crippen LogP contribution < -0.4 is 5.46 Å². The Bertz CT molecular complexity index is 486. The van der Waals surface area contributed by atoms with Crippen LogP contribution in [-0.4, -0.2) is 41.5 Å². The molecule has 6 nitrogen and oxygen atoms in total. The minimum atomic E-state index is -1.32. The van der Waals surface area contributed by atoms with Crippen LogP contribution in [0.2, 0.25) is 0 Å². The summed E-state index contributed by atoms with van der Waals surface area (Å²) in [7, 11) is -0.0805. The van der Waals surface area contributed by atoms with Crippen molar-refractivity contribution in [3.05, 3.63) is 17.6 Å². The van der Waals surface area contributed by atoms with Gasteiger partial charge in [-0.05, 0) is 40.7 Å². The Morgan fingerprint density at radius 3 is 2.35 bits per heavy atom. The molecule has 0 aromatic carbocycles. The van der Waals surface area contributed by atoms with Crippen LogP contribution in [0.1, 0.15) is 44.0 Å². The SMILES string of the molecule is COC(=O)c1cc(B(O)OC(C)(C)C(C)(C)O)c(C)o1. The van der Waals surface area contributed by atoms with Gasteiger partial charge in [-0.15, -0.1) is 0 Å². The molecule has 1 aromatic rings. The highest BCUT2D eigenvalue weighted by molar-refractivity contribution is 6.60. The number of ether oxygens (including phenoxy) is 1. The van der Waals surface area contributed by atoms with Gasteiger partial charge in [-0.25, -0.2) is 4.79 Å². The summed E-state index contributed by atoms with van der Waals surface area (Å²) in [6.07, 6.45) is 0. The molecule has 1 aromatic heterocycles. The number of carbonyl (C=O) groups is 1. The Balaban J connectivity index is 2.96. The summed E-state index contributed by atoms with van der Waals surface area (Å²) < 4.78 is 15.2. The summed E-state index contributed by atoms with van der Waals surface area (Å²) in [6, 6.07) is 1.37. The van der Waals surface area contributed by atoms with Crippen molar-refractivity contribution >= 4 is 18.6 Å². The molecule has 0 saturated carbocycles. The van der Waals surface area contributed by atoms with Crippen molar-refractivity contribution in [2.24, 2.45) is 0 Å². The molecule has 0 radical (unpaired) electrons. The summed E-state index contributed by atoms with van der Waals surface area (Å²) in [6.45, 7) is 8.09. The van der Waals surface area contributed by atoms with E-state index in [9.17, 15) is 14.9 Å². The first kappa shape index (κ1) is 16.7. The Morgan fingerprint density at radius 1 is 1.35 bits per heavy atom. The second-order valence-electron chi connectivity index (χ2n) is 5.65. The molecule has 0 spiro atoms. The molecule has 1 rings (SSSR count). The van der Waals surface area contributed by atoms with Crippen molar-refractivity contribution < 1.29 is 28.7 Å². The highest BCUT2D eigenvalue weighted by Crippen LogP contribution is 2.25. The minimum absolute atomic E-state index is 0.0104. The van der Waals surface area contributed by atoms with E-state index in [-0.39, 0.29) is 5.76 Å². The second-order valence-corrected chi connectivity index (χ2v) is 5.65. The third-order valence-corrected chi connectivity index (χ3v) is 3.49. The maximum atomic E-state index is 11.4. The summed E-state index contributed by atoms with van der Waals surface area (Å²) in [5.41, 5.74) is -1.83. The third-order valence-electron chi connectivity index (χ3n) is 3.49. The maximum absolute atomic E-state index is 11.4.